The van der Waals surface area contributed by atoms with Crippen molar-refractivity contribution in [2.45, 2.75) is 37.3 Å². The Bertz CT molecular complexity index is 1570. The van der Waals surface area contributed by atoms with Gasteiger partial charge in [-0.1, -0.05) is 97.1 Å². The second-order valence-corrected chi connectivity index (χ2v) is 11.3. The smallest absolute Gasteiger partial charge is 0.323 e. The van der Waals surface area contributed by atoms with Crippen LogP contribution >= 0.6 is 15.9 Å². The fourth-order valence-corrected chi connectivity index (χ4v) is 7.50. The van der Waals surface area contributed by atoms with E-state index in [4.69, 9.17) is 4.74 Å². The van der Waals surface area contributed by atoms with Crippen molar-refractivity contribution in [3.63, 3.8) is 0 Å². The Hall–Kier alpha value is -3.54. The van der Waals surface area contributed by atoms with Crippen molar-refractivity contribution < 1.29 is 14.3 Å². The molecule has 5 heteroatoms. The molecular formula is C34H30BrNO3. The Morgan fingerprint density at radius 3 is 2.38 bits per heavy atom. The van der Waals surface area contributed by atoms with E-state index in [2.05, 4.69) is 45.5 Å². The van der Waals surface area contributed by atoms with Crippen LogP contribution in [0.1, 0.15) is 47.9 Å². The van der Waals surface area contributed by atoms with Gasteiger partial charge in [0.1, 0.15) is 6.04 Å². The molecular weight excluding hydrogens is 550 g/mol. The first kappa shape index (κ1) is 25.7. The van der Waals surface area contributed by atoms with E-state index in [1.54, 1.807) is 0 Å². The van der Waals surface area contributed by atoms with Gasteiger partial charge in [-0.25, -0.2) is 0 Å². The molecule has 1 saturated heterocycles. The van der Waals surface area contributed by atoms with Crippen LogP contribution in [0.2, 0.25) is 0 Å². The Kier molecular flexibility index (Phi) is 6.96. The number of ketones is 1. The average Bonchev–Trinajstić information content (AvgIpc) is 3.31. The van der Waals surface area contributed by atoms with Crippen molar-refractivity contribution >= 4 is 44.5 Å². The molecule has 4 aromatic rings. The number of esters is 1. The maximum absolute atomic E-state index is 14.9. The molecule has 0 amide bonds. The molecule has 1 aliphatic heterocycles. The molecule has 196 valence electrons. The van der Waals surface area contributed by atoms with E-state index in [1.807, 2.05) is 78.9 Å². The molecule has 1 saturated carbocycles. The number of allylic oxidation sites excluding steroid dienone is 1. The monoisotopic (exact) mass is 579 g/mol. The molecule has 4 nitrogen and oxygen atoms in total. The maximum atomic E-state index is 14.9. The first-order chi connectivity index (χ1) is 19.0. The number of hydrogen-bond donors (Lipinski definition) is 1. The van der Waals surface area contributed by atoms with Crippen LogP contribution in [0.5, 0.6) is 0 Å². The number of hydrogen-bond acceptors (Lipinski definition) is 4. The third-order valence-corrected chi connectivity index (χ3v) is 9.34. The van der Waals surface area contributed by atoms with E-state index in [9.17, 15) is 9.59 Å². The van der Waals surface area contributed by atoms with Crippen LogP contribution in [0.25, 0.3) is 16.8 Å². The van der Waals surface area contributed by atoms with Crippen LogP contribution < -0.4 is 5.32 Å². The standard InChI is InChI=1S/C34H30BrNO3/c1-39-33(38)30-28(24-14-6-3-7-15-24)34(20-10-16-25(32(34)37)21-22-11-4-2-5-12-22)31(36-30)27-19-18-23-13-8-9-17-26(23)29(27)35/h2-9,11-15,17-19,21,28,30-31,36H,10,16,20H2,1H3/b25-21+. The predicted molar refractivity (Wildman–Crippen MR) is 158 cm³/mol. The Balaban J connectivity index is 1.59. The van der Waals surface area contributed by atoms with Gasteiger partial charge in [-0.2, -0.15) is 0 Å². The molecule has 1 spiro atoms. The van der Waals surface area contributed by atoms with Crippen molar-refractivity contribution in [1.82, 2.24) is 5.32 Å². The van der Waals surface area contributed by atoms with Crippen LogP contribution in [0, 0.1) is 5.41 Å². The fraction of sp³-hybridized carbons (Fsp3) is 0.235. The lowest BCUT2D eigenvalue weighted by Gasteiger charge is -2.43. The van der Waals surface area contributed by atoms with Crippen LogP contribution in [0.4, 0.5) is 0 Å². The molecule has 4 unspecified atom stereocenters. The lowest BCUT2D eigenvalue weighted by molar-refractivity contribution is -0.143. The van der Waals surface area contributed by atoms with Crippen LogP contribution in [-0.4, -0.2) is 24.9 Å². The Morgan fingerprint density at radius 1 is 0.949 bits per heavy atom. The molecule has 0 radical (unpaired) electrons. The van der Waals surface area contributed by atoms with Gasteiger partial charge in [0.25, 0.3) is 0 Å². The zero-order valence-corrected chi connectivity index (χ0v) is 23.4. The van der Waals surface area contributed by atoms with Gasteiger partial charge < -0.3 is 4.74 Å². The molecule has 1 aliphatic carbocycles. The topological polar surface area (TPSA) is 55.4 Å². The fourth-order valence-electron chi connectivity index (χ4n) is 6.78. The van der Waals surface area contributed by atoms with Gasteiger partial charge in [0.2, 0.25) is 0 Å². The summed E-state index contributed by atoms with van der Waals surface area (Å²) < 4.78 is 6.27. The second kappa shape index (κ2) is 10.6. The molecule has 0 bridgehead atoms. The maximum Gasteiger partial charge on any atom is 0.323 e. The number of halogens is 1. The molecule has 1 N–H and O–H groups in total. The van der Waals surface area contributed by atoms with E-state index < -0.39 is 17.5 Å². The third kappa shape index (κ3) is 4.34. The Morgan fingerprint density at radius 2 is 1.64 bits per heavy atom. The lowest BCUT2D eigenvalue weighted by atomic mass is 9.58. The summed E-state index contributed by atoms with van der Waals surface area (Å²) in [6.07, 6.45) is 4.27. The minimum Gasteiger partial charge on any atom is -0.468 e. The minimum absolute atomic E-state index is 0.107. The highest BCUT2D eigenvalue weighted by Gasteiger charge is 2.63. The van der Waals surface area contributed by atoms with E-state index in [0.29, 0.717) is 12.8 Å². The zero-order chi connectivity index (χ0) is 27.0. The number of carbonyl (C=O) groups excluding carboxylic acids is 2. The summed E-state index contributed by atoms with van der Waals surface area (Å²) in [5.41, 5.74) is 2.89. The summed E-state index contributed by atoms with van der Waals surface area (Å²) >= 11 is 3.90. The summed E-state index contributed by atoms with van der Waals surface area (Å²) in [6.45, 7) is 0. The lowest BCUT2D eigenvalue weighted by Crippen LogP contribution is -2.44. The van der Waals surface area contributed by atoms with Crippen molar-refractivity contribution in [2.75, 3.05) is 7.11 Å². The van der Waals surface area contributed by atoms with Crippen molar-refractivity contribution in [2.24, 2.45) is 5.41 Å². The van der Waals surface area contributed by atoms with Crippen LogP contribution in [0.15, 0.2) is 107 Å². The number of Topliss-reactive ketones (excluding diaryl/α,β-unsaturated/α-hetero) is 1. The molecule has 0 aromatic heterocycles. The zero-order valence-electron chi connectivity index (χ0n) is 21.8. The number of carbonyl (C=O) groups is 2. The SMILES string of the molecule is COC(=O)C1NC(c2ccc3ccccc3c2Br)C2(CCC/C(=C\c3ccccc3)C2=O)C1c1ccccc1. The van der Waals surface area contributed by atoms with Crippen molar-refractivity contribution in [3.05, 3.63) is 124 Å². The molecule has 2 aliphatic rings. The summed E-state index contributed by atoms with van der Waals surface area (Å²) in [5, 5.41) is 5.83. The minimum atomic E-state index is -0.871. The van der Waals surface area contributed by atoms with Gasteiger partial charge in [0.15, 0.2) is 5.78 Å². The molecule has 6 rings (SSSR count). The largest absolute Gasteiger partial charge is 0.468 e. The van der Waals surface area contributed by atoms with E-state index in [1.165, 1.54) is 7.11 Å². The van der Waals surface area contributed by atoms with E-state index >= 15 is 0 Å². The molecule has 39 heavy (non-hydrogen) atoms. The predicted octanol–water partition coefficient (Wildman–Crippen LogP) is 7.40. The number of rotatable bonds is 4. The van der Waals surface area contributed by atoms with E-state index in [-0.39, 0.29) is 17.7 Å². The highest BCUT2D eigenvalue weighted by molar-refractivity contribution is 9.10. The molecule has 1 heterocycles. The van der Waals surface area contributed by atoms with Gasteiger partial charge >= 0.3 is 5.97 Å². The second-order valence-electron chi connectivity index (χ2n) is 10.5. The normalized spacial score (nSPS) is 25.8. The van der Waals surface area contributed by atoms with Gasteiger partial charge in [0.05, 0.1) is 12.5 Å². The van der Waals surface area contributed by atoms with E-state index in [0.717, 1.165) is 43.9 Å². The highest BCUT2D eigenvalue weighted by atomic mass is 79.9. The van der Waals surface area contributed by atoms with Crippen LogP contribution in [-0.2, 0) is 14.3 Å². The quantitative estimate of drug-likeness (QED) is 0.202. The number of fused-ring (bicyclic) bond motifs is 1. The molecule has 4 aromatic carbocycles. The molecule has 4 atom stereocenters. The number of nitrogens with one attached hydrogen (secondary N) is 1. The summed E-state index contributed by atoms with van der Waals surface area (Å²) in [7, 11) is 1.42. The summed E-state index contributed by atoms with van der Waals surface area (Å²) in [5.74, 6) is -0.633. The van der Waals surface area contributed by atoms with Gasteiger partial charge in [-0.15, -0.1) is 0 Å². The summed E-state index contributed by atoms with van der Waals surface area (Å²) in [6, 6.07) is 31.3. The summed E-state index contributed by atoms with van der Waals surface area (Å²) in [4.78, 5) is 28.2. The molecule has 2 fully saturated rings. The van der Waals surface area contributed by atoms with Crippen LogP contribution in [0.3, 0.4) is 0 Å². The third-order valence-electron chi connectivity index (χ3n) is 8.46. The average molecular weight is 581 g/mol. The number of methoxy groups -OCH3 is 1. The van der Waals surface area contributed by atoms with Gasteiger partial charge in [0, 0.05) is 16.4 Å². The number of benzene rings is 4. The van der Waals surface area contributed by atoms with Crippen molar-refractivity contribution in [1.29, 1.82) is 0 Å². The van der Waals surface area contributed by atoms with Crippen molar-refractivity contribution in [3.8, 4) is 0 Å². The Labute approximate surface area is 237 Å². The first-order valence-corrected chi connectivity index (χ1v) is 14.2. The highest BCUT2D eigenvalue weighted by Crippen LogP contribution is 2.60. The first-order valence-electron chi connectivity index (χ1n) is 13.4. The van der Waals surface area contributed by atoms with Gasteiger partial charge in [-0.05, 0) is 74.3 Å². The van der Waals surface area contributed by atoms with Gasteiger partial charge in [-0.3, -0.25) is 14.9 Å². The number of ether oxygens (including phenoxy) is 1.